The lowest BCUT2D eigenvalue weighted by molar-refractivity contribution is -0.123. The molecule has 0 heterocycles. The van der Waals surface area contributed by atoms with Crippen LogP contribution in [0.4, 0.5) is 0 Å². The topological polar surface area (TPSA) is 84.6 Å². The number of aromatic hydroxyl groups is 1. The Hall–Kier alpha value is -1.75. The van der Waals surface area contributed by atoms with Gasteiger partial charge in [0, 0.05) is 17.6 Å². The van der Waals surface area contributed by atoms with Crippen LogP contribution in [0.1, 0.15) is 25.8 Å². The van der Waals surface area contributed by atoms with Crippen molar-refractivity contribution in [3.63, 3.8) is 0 Å². The largest absolute Gasteiger partial charge is 0.508 e. The van der Waals surface area contributed by atoms with E-state index in [0.29, 0.717) is 17.9 Å². The highest BCUT2D eigenvalue weighted by Gasteiger charge is 2.17. The summed E-state index contributed by atoms with van der Waals surface area (Å²) in [5.41, 5.74) is 5.80. The molecule has 0 fully saturated rings. The van der Waals surface area contributed by atoms with Crippen LogP contribution in [0.25, 0.3) is 0 Å². The number of carbonyl (C=O) groups excluding carboxylic acids is 1. The lowest BCUT2D eigenvalue weighted by atomic mass is 10.1. The molecule has 19 heavy (non-hydrogen) atoms. The van der Waals surface area contributed by atoms with Gasteiger partial charge in [0.25, 0.3) is 0 Å². The molecule has 5 nitrogen and oxygen atoms in total. The van der Waals surface area contributed by atoms with E-state index in [9.17, 15) is 9.90 Å². The van der Waals surface area contributed by atoms with E-state index in [2.05, 4.69) is 5.32 Å². The minimum atomic E-state index is -0.405. The van der Waals surface area contributed by atoms with E-state index in [1.54, 1.807) is 25.1 Å². The van der Waals surface area contributed by atoms with E-state index >= 15 is 0 Å². The van der Waals surface area contributed by atoms with Gasteiger partial charge >= 0.3 is 0 Å². The number of hydrogen-bond acceptors (Lipinski definition) is 4. The highest BCUT2D eigenvalue weighted by molar-refractivity contribution is 5.76. The third-order valence-corrected chi connectivity index (χ3v) is 2.83. The maximum absolute atomic E-state index is 11.7. The van der Waals surface area contributed by atoms with E-state index in [1.165, 1.54) is 0 Å². The minimum absolute atomic E-state index is 0.103. The average Bonchev–Trinajstić information content (AvgIpc) is 2.34. The summed E-state index contributed by atoms with van der Waals surface area (Å²) >= 11 is 0. The summed E-state index contributed by atoms with van der Waals surface area (Å²) in [7, 11) is 0. The zero-order valence-corrected chi connectivity index (χ0v) is 11.7. The summed E-state index contributed by atoms with van der Waals surface area (Å²) in [4.78, 5) is 11.7. The number of phenolic OH excluding ortho intramolecular Hbond substituents is 1. The van der Waals surface area contributed by atoms with E-state index < -0.39 is 5.54 Å². The molecule has 4 N–H and O–H groups in total. The summed E-state index contributed by atoms with van der Waals surface area (Å²) in [6.07, 6.45) is 0.249. The number of hydrogen-bond donors (Lipinski definition) is 3. The number of carbonyl (C=O) groups is 1. The molecule has 0 atom stereocenters. The summed E-state index contributed by atoms with van der Waals surface area (Å²) in [6.45, 7) is 6.14. The third kappa shape index (κ3) is 4.79. The van der Waals surface area contributed by atoms with Crippen molar-refractivity contribution in [2.75, 3.05) is 13.2 Å². The summed E-state index contributed by atoms with van der Waals surface area (Å²) in [5, 5.41) is 12.3. The fourth-order valence-electron chi connectivity index (χ4n) is 1.50. The van der Waals surface area contributed by atoms with Crippen molar-refractivity contribution in [2.45, 2.75) is 32.7 Å². The van der Waals surface area contributed by atoms with Crippen molar-refractivity contribution in [1.29, 1.82) is 0 Å². The number of amides is 1. The molecule has 0 spiro atoms. The Labute approximate surface area is 113 Å². The van der Waals surface area contributed by atoms with E-state index in [4.69, 9.17) is 10.5 Å². The molecule has 0 radical (unpaired) electrons. The van der Waals surface area contributed by atoms with Crippen LogP contribution in [-0.2, 0) is 4.79 Å². The van der Waals surface area contributed by atoms with Crippen LogP contribution in [0, 0.1) is 6.92 Å². The molecule has 0 aromatic heterocycles. The molecule has 0 aliphatic carbocycles. The summed E-state index contributed by atoms with van der Waals surface area (Å²) < 4.78 is 5.48. The van der Waals surface area contributed by atoms with Gasteiger partial charge in [-0.1, -0.05) is 6.07 Å². The van der Waals surface area contributed by atoms with E-state index in [-0.39, 0.29) is 24.7 Å². The van der Waals surface area contributed by atoms with Crippen LogP contribution in [0.5, 0.6) is 11.5 Å². The van der Waals surface area contributed by atoms with Gasteiger partial charge in [-0.15, -0.1) is 0 Å². The van der Waals surface area contributed by atoms with Crippen LogP contribution in [-0.4, -0.2) is 29.7 Å². The van der Waals surface area contributed by atoms with Crippen LogP contribution in [0.15, 0.2) is 18.2 Å². The predicted molar refractivity (Wildman–Crippen MR) is 74.2 cm³/mol. The molecule has 106 valence electrons. The van der Waals surface area contributed by atoms with Gasteiger partial charge in [0.1, 0.15) is 11.5 Å². The Morgan fingerprint density at radius 1 is 1.47 bits per heavy atom. The molecular weight excluding hydrogens is 244 g/mol. The SMILES string of the molecule is Cc1c(O)cccc1OCCC(=O)NC(C)(C)CN. The Bertz CT molecular complexity index is 444. The molecule has 1 amide bonds. The summed E-state index contributed by atoms with van der Waals surface area (Å²) in [5.74, 6) is 0.672. The first-order valence-corrected chi connectivity index (χ1v) is 6.28. The number of nitrogens with one attached hydrogen (secondary N) is 1. The van der Waals surface area contributed by atoms with Gasteiger partial charge in [-0.3, -0.25) is 4.79 Å². The van der Waals surface area contributed by atoms with Gasteiger partial charge in [-0.25, -0.2) is 0 Å². The predicted octanol–water partition coefficient (Wildman–Crippen LogP) is 1.32. The van der Waals surface area contributed by atoms with Crippen molar-refractivity contribution in [3.8, 4) is 11.5 Å². The van der Waals surface area contributed by atoms with Crippen molar-refractivity contribution >= 4 is 5.91 Å². The molecule has 0 bridgehead atoms. The maximum Gasteiger partial charge on any atom is 0.223 e. The molecule has 1 aromatic carbocycles. The molecule has 5 heteroatoms. The number of ether oxygens (including phenoxy) is 1. The normalized spacial score (nSPS) is 11.2. The molecule has 0 aliphatic heterocycles. The molecule has 0 saturated carbocycles. The Morgan fingerprint density at radius 3 is 2.79 bits per heavy atom. The highest BCUT2D eigenvalue weighted by Crippen LogP contribution is 2.25. The Kier molecular flexibility index (Phi) is 5.18. The van der Waals surface area contributed by atoms with E-state index in [0.717, 1.165) is 0 Å². The second kappa shape index (κ2) is 6.43. The Morgan fingerprint density at radius 2 is 2.16 bits per heavy atom. The van der Waals surface area contributed by atoms with Gasteiger partial charge in [-0.2, -0.15) is 0 Å². The molecule has 1 aromatic rings. The average molecular weight is 266 g/mol. The fourth-order valence-corrected chi connectivity index (χ4v) is 1.50. The van der Waals surface area contributed by atoms with Gasteiger partial charge in [-0.05, 0) is 32.9 Å². The highest BCUT2D eigenvalue weighted by atomic mass is 16.5. The van der Waals surface area contributed by atoms with Gasteiger partial charge < -0.3 is 20.9 Å². The second-order valence-electron chi connectivity index (χ2n) is 5.13. The standard InChI is InChI=1S/C14H22N2O3/c1-10-11(17)5-4-6-12(10)19-8-7-13(18)16-14(2,3)9-15/h4-6,17H,7-9,15H2,1-3H3,(H,16,18). The zero-order valence-electron chi connectivity index (χ0n) is 11.7. The lowest BCUT2D eigenvalue weighted by Crippen LogP contribution is -2.49. The van der Waals surface area contributed by atoms with E-state index in [1.807, 2.05) is 13.8 Å². The zero-order chi connectivity index (χ0) is 14.5. The number of rotatable bonds is 6. The lowest BCUT2D eigenvalue weighted by Gasteiger charge is -2.24. The smallest absolute Gasteiger partial charge is 0.223 e. The summed E-state index contributed by atoms with van der Waals surface area (Å²) in [6, 6.07) is 5.06. The van der Waals surface area contributed by atoms with Crippen molar-refractivity contribution in [3.05, 3.63) is 23.8 Å². The Balaban J connectivity index is 2.42. The van der Waals surface area contributed by atoms with Crippen LogP contribution >= 0.6 is 0 Å². The number of benzene rings is 1. The van der Waals surface area contributed by atoms with Crippen LogP contribution in [0.2, 0.25) is 0 Å². The van der Waals surface area contributed by atoms with Crippen molar-refractivity contribution < 1.29 is 14.6 Å². The molecule has 0 aliphatic rings. The fraction of sp³-hybridized carbons (Fsp3) is 0.500. The van der Waals surface area contributed by atoms with Crippen molar-refractivity contribution in [1.82, 2.24) is 5.32 Å². The van der Waals surface area contributed by atoms with Gasteiger partial charge in [0.15, 0.2) is 0 Å². The van der Waals surface area contributed by atoms with Crippen molar-refractivity contribution in [2.24, 2.45) is 5.73 Å². The van der Waals surface area contributed by atoms with Crippen LogP contribution < -0.4 is 15.8 Å². The first-order valence-electron chi connectivity index (χ1n) is 6.28. The first-order chi connectivity index (χ1) is 8.85. The van der Waals surface area contributed by atoms with Crippen LogP contribution in [0.3, 0.4) is 0 Å². The third-order valence-electron chi connectivity index (χ3n) is 2.83. The molecule has 1 rings (SSSR count). The molecular formula is C14H22N2O3. The van der Waals surface area contributed by atoms with Gasteiger partial charge in [0.2, 0.25) is 5.91 Å². The first kappa shape index (κ1) is 15.3. The second-order valence-corrected chi connectivity index (χ2v) is 5.13. The molecule has 0 saturated heterocycles. The maximum atomic E-state index is 11.7. The number of nitrogens with two attached hydrogens (primary N) is 1. The quantitative estimate of drug-likeness (QED) is 0.725. The number of phenols is 1. The van der Waals surface area contributed by atoms with Gasteiger partial charge in [0.05, 0.1) is 13.0 Å². The monoisotopic (exact) mass is 266 g/mol. The molecule has 0 unspecified atom stereocenters. The minimum Gasteiger partial charge on any atom is -0.508 e.